The second-order valence-electron chi connectivity index (χ2n) is 6.00. The van der Waals surface area contributed by atoms with Crippen LogP contribution in [0.4, 0.5) is 5.69 Å². The minimum absolute atomic E-state index is 0.265. The van der Waals surface area contributed by atoms with E-state index >= 15 is 0 Å². The van der Waals surface area contributed by atoms with Crippen molar-refractivity contribution in [3.05, 3.63) is 50.7 Å². The molecule has 4 nitrogen and oxygen atoms in total. The molecule has 0 saturated carbocycles. The molecule has 1 aliphatic carbocycles. The average molecular weight is 343 g/mol. The van der Waals surface area contributed by atoms with Gasteiger partial charge >= 0.3 is 5.97 Å². The molecule has 1 N–H and O–H groups in total. The van der Waals surface area contributed by atoms with Crippen molar-refractivity contribution in [3.63, 3.8) is 0 Å². The van der Waals surface area contributed by atoms with Gasteiger partial charge in [-0.05, 0) is 55.4 Å². The maximum absolute atomic E-state index is 12.1. The van der Waals surface area contributed by atoms with E-state index in [2.05, 4.69) is 5.32 Å². The molecule has 1 aromatic heterocycles. The number of carbonyl (C=O) groups excluding carboxylic acids is 2. The lowest BCUT2D eigenvalue weighted by Crippen LogP contribution is -2.21. The number of rotatable bonds is 5. The van der Waals surface area contributed by atoms with Crippen LogP contribution >= 0.6 is 11.3 Å². The maximum atomic E-state index is 12.1. The molecular weight excluding hydrogens is 322 g/mol. The first kappa shape index (κ1) is 16.7. The topological polar surface area (TPSA) is 55.4 Å². The van der Waals surface area contributed by atoms with Crippen LogP contribution in [0.2, 0.25) is 0 Å². The Morgan fingerprint density at radius 3 is 2.88 bits per heavy atom. The van der Waals surface area contributed by atoms with Crippen LogP contribution in [0.3, 0.4) is 0 Å². The number of amides is 1. The molecule has 0 unspecified atom stereocenters. The van der Waals surface area contributed by atoms with Gasteiger partial charge in [0.15, 0.2) is 6.61 Å². The maximum Gasteiger partial charge on any atom is 0.348 e. The fraction of sp³-hybridized carbons (Fsp3) is 0.368. The summed E-state index contributed by atoms with van der Waals surface area (Å²) in [5.74, 6) is -0.721. The predicted molar refractivity (Wildman–Crippen MR) is 95.8 cm³/mol. The second kappa shape index (κ2) is 7.18. The molecule has 0 fully saturated rings. The van der Waals surface area contributed by atoms with Crippen molar-refractivity contribution in [2.45, 2.75) is 39.5 Å². The summed E-state index contributed by atoms with van der Waals surface area (Å²) in [6, 6.07) is 7.82. The zero-order valence-corrected chi connectivity index (χ0v) is 14.8. The molecule has 0 bridgehead atoms. The van der Waals surface area contributed by atoms with Crippen LogP contribution in [0.1, 0.15) is 44.6 Å². The minimum atomic E-state index is -0.412. The Kier molecular flexibility index (Phi) is 5.00. The van der Waals surface area contributed by atoms with E-state index in [-0.39, 0.29) is 12.5 Å². The first-order valence-corrected chi connectivity index (χ1v) is 9.07. The number of hydrogen-bond donors (Lipinski definition) is 1. The first-order valence-electron chi connectivity index (χ1n) is 8.25. The Morgan fingerprint density at radius 2 is 2.12 bits per heavy atom. The molecule has 5 heteroatoms. The molecule has 1 amide bonds. The third-order valence-corrected chi connectivity index (χ3v) is 5.50. The van der Waals surface area contributed by atoms with E-state index < -0.39 is 5.97 Å². The number of carbonyl (C=O) groups is 2. The molecule has 0 radical (unpaired) electrons. The normalized spacial score (nSPS) is 12.8. The van der Waals surface area contributed by atoms with Crippen molar-refractivity contribution >= 4 is 28.9 Å². The third kappa shape index (κ3) is 3.51. The van der Waals surface area contributed by atoms with Gasteiger partial charge in [0.2, 0.25) is 0 Å². The number of anilines is 1. The lowest BCUT2D eigenvalue weighted by Gasteiger charge is -2.12. The number of ether oxygens (including phenoxy) is 1. The highest BCUT2D eigenvalue weighted by molar-refractivity contribution is 7.14. The molecule has 126 valence electrons. The number of hydrogen-bond acceptors (Lipinski definition) is 4. The Morgan fingerprint density at radius 1 is 1.29 bits per heavy atom. The van der Waals surface area contributed by atoms with Crippen LogP contribution in [0.25, 0.3) is 0 Å². The van der Waals surface area contributed by atoms with Gasteiger partial charge in [0.1, 0.15) is 4.88 Å². The molecule has 1 aliphatic rings. The van der Waals surface area contributed by atoms with Gasteiger partial charge in [-0.15, -0.1) is 11.3 Å². The number of aryl methyl sites for hydroxylation is 4. The van der Waals surface area contributed by atoms with Gasteiger partial charge in [-0.2, -0.15) is 0 Å². The Bertz CT molecular complexity index is 757. The lowest BCUT2D eigenvalue weighted by atomic mass is 10.1. The van der Waals surface area contributed by atoms with E-state index in [1.54, 1.807) is 0 Å². The van der Waals surface area contributed by atoms with Crippen molar-refractivity contribution in [3.8, 4) is 0 Å². The van der Waals surface area contributed by atoms with E-state index in [0.717, 1.165) is 42.5 Å². The highest BCUT2D eigenvalue weighted by Gasteiger charge is 2.20. The summed E-state index contributed by atoms with van der Waals surface area (Å²) in [5, 5.41) is 2.86. The molecule has 0 aliphatic heterocycles. The van der Waals surface area contributed by atoms with Gasteiger partial charge in [-0.3, -0.25) is 4.79 Å². The number of esters is 1. The van der Waals surface area contributed by atoms with Crippen LogP contribution in [0.5, 0.6) is 0 Å². The Balaban J connectivity index is 1.58. The molecule has 0 saturated heterocycles. The predicted octanol–water partition coefficient (Wildman–Crippen LogP) is 3.90. The number of fused-ring (bicyclic) bond motifs is 1. The van der Waals surface area contributed by atoms with E-state index in [1.165, 1.54) is 21.8 Å². The smallest absolute Gasteiger partial charge is 0.348 e. The summed E-state index contributed by atoms with van der Waals surface area (Å²) in [4.78, 5) is 26.1. The highest BCUT2D eigenvalue weighted by Crippen LogP contribution is 2.31. The summed E-state index contributed by atoms with van der Waals surface area (Å²) < 4.78 is 5.17. The Hall–Kier alpha value is -2.14. The van der Waals surface area contributed by atoms with Gasteiger partial charge in [0, 0.05) is 10.6 Å². The summed E-state index contributed by atoms with van der Waals surface area (Å²) in [6.45, 7) is 3.73. The fourth-order valence-electron chi connectivity index (χ4n) is 3.01. The molecular formula is C19H21NO3S. The highest BCUT2D eigenvalue weighted by atomic mass is 32.1. The van der Waals surface area contributed by atoms with Crippen LogP contribution in [-0.4, -0.2) is 18.5 Å². The van der Waals surface area contributed by atoms with Gasteiger partial charge in [-0.25, -0.2) is 4.79 Å². The zero-order valence-electron chi connectivity index (χ0n) is 14.0. The van der Waals surface area contributed by atoms with Crippen molar-refractivity contribution in [1.82, 2.24) is 0 Å². The zero-order chi connectivity index (χ0) is 17.1. The summed E-state index contributed by atoms with van der Waals surface area (Å²) in [7, 11) is 0. The van der Waals surface area contributed by atoms with Gasteiger partial charge in [-0.1, -0.05) is 25.1 Å². The van der Waals surface area contributed by atoms with Crippen LogP contribution in [0, 0.1) is 6.92 Å². The van der Waals surface area contributed by atoms with E-state index in [9.17, 15) is 9.59 Å². The molecule has 1 aromatic carbocycles. The van der Waals surface area contributed by atoms with Gasteiger partial charge in [0.25, 0.3) is 5.91 Å². The molecule has 24 heavy (non-hydrogen) atoms. The summed E-state index contributed by atoms with van der Waals surface area (Å²) in [6.07, 6.45) is 4.07. The number of nitrogens with one attached hydrogen (secondary N) is 1. The minimum Gasteiger partial charge on any atom is -0.451 e. The molecule has 0 atom stereocenters. The summed E-state index contributed by atoms with van der Waals surface area (Å²) in [5.41, 5.74) is 4.15. The molecule has 3 rings (SSSR count). The fourth-order valence-corrected chi connectivity index (χ4v) is 4.16. The largest absolute Gasteiger partial charge is 0.451 e. The van der Waals surface area contributed by atoms with E-state index in [0.29, 0.717) is 4.88 Å². The summed E-state index contributed by atoms with van der Waals surface area (Å²) >= 11 is 1.49. The lowest BCUT2D eigenvalue weighted by molar-refractivity contribution is -0.119. The monoisotopic (exact) mass is 343 g/mol. The molecule has 1 heterocycles. The van der Waals surface area contributed by atoms with Crippen molar-refractivity contribution < 1.29 is 14.3 Å². The quantitative estimate of drug-likeness (QED) is 0.838. The van der Waals surface area contributed by atoms with Gasteiger partial charge in [0.05, 0.1) is 0 Å². The SMILES string of the molecule is CCc1cccc(C)c1NC(=O)COC(=O)c1cc2c(s1)CCC2. The van der Waals surface area contributed by atoms with Crippen molar-refractivity contribution in [2.75, 3.05) is 11.9 Å². The van der Waals surface area contributed by atoms with E-state index in [1.807, 2.05) is 38.1 Å². The second-order valence-corrected chi connectivity index (χ2v) is 7.14. The third-order valence-electron chi connectivity index (χ3n) is 4.29. The van der Waals surface area contributed by atoms with Crippen molar-refractivity contribution in [2.24, 2.45) is 0 Å². The first-order chi connectivity index (χ1) is 11.6. The Labute approximate surface area is 145 Å². The van der Waals surface area contributed by atoms with Crippen LogP contribution in [-0.2, 0) is 28.8 Å². The average Bonchev–Trinajstić information content (AvgIpc) is 3.16. The van der Waals surface area contributed by atoms with Crippen LogP contribution in [0.15, 0.2) is 24.3 Å². The number of thiophene rings is 1. The molecule has 0 spiro atoms. The number of para-hydroxylation sites is 1. The molecule has 2 aromatic rings. The van der Waals surface area contributed by atoms with Gasteiger partial charge < -0.3 is 10.1 Å². The van der Waals surface area contributed by atoms with Crippen LogP contribution < -0.4 is 5.32 Å². The standard InChI is InChI=1S/C19H21NO3S/c1-3-13-7-4-6-12(2)18(13)20-17(21)11-23-19(22)16-10-14-8-5-9-15(14)24-16/h4,6-7,10H,3,5,8-9,11H2,1-2H3,(H,20,21). The van der Waals surface area contributed by atoms with E-state index in [4.69, 9.17) is 4.74 Å². The van der Waals surface area contributed by atoms with Crippen molar-refractivity contribution in [1.29, 1.82) is 0 Å². The number of benzene rings is 1.